The lowest BCUT2D eigenvalue weighted by molar-refractivity contribution is 0.0528. The van der Waals surface area contributed by atoms with Crippen LogP contribution in [0.3, 0.4) is 0 Å². The lowest BCUT2D eigenvalue weighted by Gasteiger charge is -2.14. The molecule has 31 heavy (non-hydrogen) atoms. The quantitative estimate of drug-likeness (QED) is 0.324. The van der Waals surface area contributed by atoms with Gasteiger partial charge in [0, 0.05) is 16.1 Å². The number of nitrogens with one attached hydrogen (secondary N) is 2. The number of hydrogen-bond acceptors (Lipinski definition) is 5. The van der Waals surface area contributed by atoms with E-state index in [0.717, 1.165) is 21.6 Å². The van der Waals surface area contributed by atoms with E-state index < -0.39 is 11.9 Å². The van der Waals surface area contributed by atoms with Gasteiger partial charge in [-0.15, -0.1) is 11.3 Å². The van der Waals surface area contributed by atoms with Crippen LogP contribution < -0.4 is 10.6 Å². The van der Waals surface area contributed by atoms with Crippen molar-refractivity contribution in [3.05, 3.63) is 70.1 Å². The number of benzene rings is 2. The maximum Gasteiger partial charge on any atom is 0.341 e. The van der Waals surface area contributed by atoms with E-state index >= 15 is 0 Å². The molecule has 0 amide bonds. The van der Waals surface area contributed by atoms with Gasteiger partial charge < -0.3 is 20.5 Å². The van der Waals surface area contributed by atoms with Crippen molar-refractivity contribution < 1.29 is 19.4 Å². The second-order valence-electron chi connectivity index (χ2n) is 6.74. The summed E-state index contributed by atoms with van der Waals surface area (Å²) in [6, 6.07) is 14.4. The number of aromatic carboxylic acids is 1. The third-order valence-corrected chi connectivity index (χ3v) is 5.81. The first-order chi connectivity index (χ1) is 14.8. The highest BCUT2D eigenvalue weighted by atomic mass is 32.1. The van der Waals surface area contributed by atoms with Crippen molar-refractivity contribution in [3.8, 4) is 11.1 Å². The summed E-state index contributed by atoms with van der Waals surface area (Å²) in [4.78, 5) is 25.0. The van der Waals surface area contributed by atoms with E-state index in [1.54, 1.807) is 13.0 Å². The zero-order valence-electron chi connectivity index (χ0n) is 17.3. The Balaban J connectivity index is 1.94. The molecule has 3 rings (SSSR count). The minimum Gasteiger partial charge on any atom is -0.478 e. The first-order valence-electron chi connectivity index (χ1n) is 9.59. The Kier molecular flexibility index (Phi) is 7.04. The van der Waals surface area contributed by atoms with Gasteiger partial charge in [0.15, 0.2) is 5.11 Å². The normalized spacial score (nSPS) is 10.4. The second kappa shape index (κ2) is 9.72. The smallest absolute Gasteiger partial charge is 0.341 e. The molecule has 160 valence electrons. The molecule has 0 aliphatic rings. The summed E-state index contributed by atoms with van der Waals surface area (Å²) in [5.41, 5.74) is 3.71. The van der Waals surface area contributed by atoms with Gasteiger partial charge in [0.2, 0.25) is 0 Å². The first kappa shape index (κ1) is 22.5. The largest absolute Gasteiger partial charge is 0.478 e. The van der Waals surface area contributed by atoms with Crippen molar-refractivity contribution in [2.24, 2.45) is 0 Å². The Morgan fingerprint density at radius 3 is 2.45 bits per heavy atom. The number of hydrogen-bond donors (Lipinski definition) is 3. The molecule has 0 aliphatic heterocycles. The third kappa shape index (κ3) is 5.10. The number of carboxylic acids is 1. The molecule has 0 saturated carbocycles. The predicted molar refractivity (Wildman–Crippen MR) is 128 cm³/mol. The third-order valence-electron chi connectivity index (χ3n) is 4.59. The summed E-state index contributed by atoms with van der Waals surface area (Å²) in [6.45, 7) is 5.81. The topological polar surface area (TPSA) is 87.7 Å². The number of thiocarbonyl (C=S) groups is 1. The molecule has 0 unspecified atom stereocenters. The van der Waals surface area contributed by atoms with Crippen LogP contribution in [0, 0.1) is 13.8 Å². The average Bonchev–Trinajstić information content (AvgIpc) is 3.05. The number of anilines is 2. The minimum atomic E-state index is -1.02. The maximum atomic E-state index is 12.8. The molecule has 0 radical (unpaired) electrons. The Morgan fingerprint density at radius 2 is 1.81 bits per heavy atom. The molecular weight excluding hydrogens is 432 g/mol. The van der Waals surface area contributed by atoms with Crippen LogP contribution in [0.5, 0.6) is 0 Å². The molecule has 0 aliphatic carbocycles. The van der Waals surface area contributed by atoms with Crippen LogP contribution in [0.1, 0.15) is 38.1 Å². The molecule has 0 fully saturated rings. The van der Waals surface area contributed by atoms with Crippen molar-refractivity contribution in [1.82, 2.24) is 0 Å². The summed E-state index contributed by atoms with van der Waals surface area (Å²) in [7, 11) is 0. The van der Waals surface area contributed by atoms with Gasteiger partial charge in [0.25, 0.3) is 0 Å². The van der Waals surface area contributed by atoms with Crippen LogP contribution in [0.25, 0.3) is 11.1 Å². The Hall–Kier alpha value is -3.23. The van der Waals surface area contributed by atoms with Crippen LogP contribution >= 0.6 is 23.6 Å². The van der Waals surface area contributed by atoms with Crippen molar-refractivity contribution in [2.45, 2.75) is 20.8 Å². The molecule has 0 atom stereocenters. The van der Waals surface area contributed by atoms with Crippen LogP contribution in [-0.4, -0.2) is 28.8 Å². The molecule has 0 spiro atoms. The number of thiophene rings is 1. The van der Waals surface area contributed by atoms with Gasteiger partial charge in [-0.2, -0.15) is 0 Å². The zero-order chi connectivity index (χ0) is 22.5. The Morgan fingerprint density at radius 1 is 1.10 bits per heavy atom. The van der Waals surface area contributed by atoms with E-state index in [9.17, 15) is 14.7 Å². The molecule has 8 heteroatoms. The zero-order valence-corrected chi connectivity index (χ0v) is 18.9. The number of ether oxygens (including phenoxy) is 1. The molecule has 0 saturated heterocycles. The fourth-order valence-corrected chi connectivity index (χ4v) is 4.47. The number of carboxylic acid groups (broad SMARTS) is 1. The summed E-state index contributed by atoms with van der Waals surface area (Å²) >= 11 is 6.86. The standard InChI is InChI=1S/C23H22N2O4S2/c1-4-29-22(28)19-18(15-8-6-5-7-9-15)14(3)31-20(19)25-23(30)24-17-12-16(21(26)27)11-10-13(17)2/h5-12H,4H2,1-3H3,(H,26,27)(H2,24,25,30). The van der Waals surface area contributed by atoms with Gasteiger partial charge in [-0.1, -0.05) is 36.4 Å². The second-order valence-corrected chi connectivity index (χ2v) is 8.37. The van der Waals surface area contributed by atoms with E-state index in [0.29, 0.717) is 16.3 Å². The van der Waals surface area contributed by atoms with Crippen molar-refractivity contribution in [2.75, 3.05) is 17.2 Å². The fourth-order valence-electron chi connectivity index (χ4n) is 3.13. The van der Waals surface area contributed by atoms with E-state index in [-0.39, 0.29) is 17.3 Å². The van der Waals surface area contributed by atoms with Crippen LogP contribution in [0.2, 0.25) is 0 Å². The Labute approximate surface area is 189 Å². The number of carbonyl (C=O) groups is 2. The average molecular weight is 455 g/mol. The van der Waals surface area contributed by atoms with Gasteiger partial charge in [0.05, 0.1) is 12.2 Å². The van der Waals surface area contributed by atoms with E-state index in [1.165, 1.54) is 23.5 Å². The van der Waals surface area contributed by atoms with Gasteiger partial charge in [-0.25, -0.2) is 9.59 Å². The molecule has 3 aromatic rings. The highest BCUT2D eigenvalue weighted by Gasteiger charge is 2.25. The van der Waals surface area contributed by atoms with Gasteiger partial charge >= 0.3 is 11.9 Å². The lowest BCUT2D eigenvalue weighted by atomic mass is 10.0. The molecule has 2 aromatic carbocycles. The maximum absolute atomic E-state index is 12.8. The molecule has 1 heterocycles. The summed E-state index contributed by atoms with van der Waals surface area (Å²) < 4.78 is 5.30. The molecular formula is C23H22N2O4S2. The summed E-state index contributed by atoms with van der Waals surface area (Å²) in [5.74, 6) is -1.45. The fraction of sp³-hybridized carbons (Fsp3) is 0.174. The van der Waals surface area contributed by atoms with E-state index in [4.69, 9.17) is 17.0 Å². The van der Waals surface area contributed by atoms with Crippen molar-refractivity contribution in [1.29, 1.82) is 0 Å². The van der Waals surface area contributed by atoms with Gasteiger partial charge in [-0.3, -0.25) is 0 Å². The molecule has 1 aromatic heterocycles. The van der Waals surface area contributed by atoms with Gasteiger partial charge in [0.1, 0.15) is 10.6 Å². The first-order valence-corrected chi connectivity index (χ1v) is 10.8. The Bertz CT molecular complexity index is 1140. The molecule has 3 N–H and O–H groups in total. The monoisotopic (exact) mass is 454 g/mol. The van der Waals surface area contributed by atoms with Gasteiger partial charge in [-0.05, 0) is 56.2 Å². The van der Waals surface area contributed by atoms with E-state index in [2.05, 4.69) is 10.6 Å². The van der Waals surface area contributed by atoms with Crippen LogP contribution in [0.4, 0.5) is 10.7 Å². The molecule has 0 bridgehead atoms. The highest BCUT2D eigenvalue weighted by Crippen LogP contribution is 2.40. The number of carbonyl (C=O) groups excluding carboxylic acids is 1. The predicted octanol–water partition coefficient (Wildman–Crippen LogP) is 5.72. The SMILES string of the molecule is CCOC(=O)c1c(NC(=S)Nc2cc(C(=O)O)ccc2C)sc(C)c1-c1ccccc1. The van der Waals surface area contributed by atoms with Crippen LogP contribution in [-0.2, 0) is 4.74 Å². The van der Waals surface area contributed by atoms with E-state index in [1.807, 2.05) is 44.2 Å². The number of esters is 1. The number of rotatable bonds is 6. The van der Waals surface area contributed by atoms with Crippen LogP contribution in [0.15, 0.2) is 48.5 Å². The van der Waals surface area contributed by atoms with Crippen molar-refractivity contribution in [3.63, 3.8) is 0 Å². The minimum absolute atomic E-state index is 0.154. The highest BCUT2D eigenvalue weighted by molar-refractivity contribution is 7.80. The summed E-state index contributed by atoms with van der Waals surface area (Å²) in [5, 5.41) is 16.2. The lowest BCUT2D eigenvalue weighted by Crippen LogP contribution is -2.21. The van der Waals surface area contributed by atoms with Crippen molar-refractivity contribution >= 4 is 51.3 Å². The summed E-state index contributed by atoms with van der Waals surface area (Å²) in [6.07, 6.45) is 0. The molecule has 6 nitrogen and oxygen atoms in total. The number of aryl methyl sites for hydroxylation is 2.